The third-order valence-corrected chi connectivity index (χ3v) is 2.85. The van der Waals surface area contributed by atoms with Crippen molar-refractivity contribution in [1.82, 2.24) is 5.32 Å². The molecule has 0 fully saturated rings. The first-order chi connectivity index (χ1) is 8.74. The Labute approximate surface area is 107 Å². The molecule has 0 aliphatic rings. The van der Waals surface area contributed by atoms with Gasteiger partial charge in [0.25, 0.3) is 5.91 Å². The minimum atomic E-state index is -0.0770. The van der Waals surface area contributed by atoms with E-state index in [1.165, 1.54) is 0 Å². The van der Waals surface area contributed by atoms with E-state index < -0.39 is 0 Å². The second-order valence-electron chi connectivity index (χ2n) is 4.06. The van der Waals surface area contributed by atoms with Crippen LogP contribution in [0.25, 0.3) is 11.1 Å². The highest BCUT2D eigenvalue weighted by atomic mass is 16.1. The van der Waals surface area contributed by atoms with Crippen LogP contribution in [0.3, 0.4) is 0 Å². The summed E-state index contributed by atoms with van der Waals surface area (Å²) >= 11 is 0. The molecule has 0 atom stereocenters. The summed E-state index contributed by atoms with van der Waals surface area (Å²) in [4.78, 5) is 11.6. The topological polar surface area (TPSA) is 55.1 Å². The molecule has 2 rings (SSSR count). The maximum absolute atomic E-state index is 11.6. The molecule has 3 nitrogen and oxygen atoms in total. The van der Waals surface area contributed by atoms with Crippen molar-refractivity contribution in [1.29, 1.82) is 0 Å². The fourth-order valence-electron chi connectivity index (χ4n) is 1.86. The first-order valence-electron chi connectivity index (χ1n) is 5.86. The number of carbonyl (C=O) groups is 1. The first-order valence-corrected chi connectivity index (χ1v) is 5.86. The molecule has 0 aliphatic carbocycles. The normalized spacial score (nSPS) is 10.1. The summed E-state index contributed by atoms with van der Waals surface area (Å²) in [7, 11) is 1.63. The average molecular weight is 240 g/mol. The molecule has 0 spiro atoms. The molecule has 0 heterocycles. The Morgan fingerprint density at radius 1 is 1.11 bits per heavy atom. The quantitative estimate of drug-likeness (QED) is 0.864. The summed E-state index contributed by atoms with van der Waals surface area (Å²) in [5.74, 6) is -0.0770. The van der Waals surface area contributed by atoms with Crippen LogP contribution in [0, 0.1) is 0 Å². The zero-order valence-corrected chi connectivity index (χ0v) is 10.3. The minimum Gasteiger partial charge on any atom is -0.355 e. The van der Waals surface area contributed by atoms with Gasteiger partial charge in [0.1, 0.15) is 0 Å². The molecule has 0 radical (unpaired) electrons. The van der Waals surface area contributed by atoms with Gasteiger partial charge in [-0.1, -0.05) is 30.3 Å². The van der Waals surface area contributed by atoms with Gasteiger partial charge in [0, 0.05) is 19.2 Å². The van der Waals surface area contributed by atoms with Gasteiger partial charge in [0.15, 0.2) is 0 Å². The van der Waals surface area contributed by atoms with Gasteiger partial charge in [0.2, 0.25) is 0 Å². The van der Waals surface area contributed by atoms with Crippen molar-refractivity contribution in [2.45, 2.75) is 6.54 Å². The molecule has 1 amide bonds. The van der Waals surface area contributed by atoms with E-state index in [1.807, 2.05) is 42.5 Å². The van der Waals surface area contributed by atoms with Crippen LogP contribution in [0.2, 0.25) is 0 Å². The fraction of sp³-hybridized carbons (Fsp3) is 0.133. The molecule has 0 aromatic heterocycles. The van der Waals surface area contributed by atoms with Crippen LogP contribution in [0.15, 0.2) is 48.5 Å². The van der Waals surface area contributed by atoms with Gasteiger partial charge in [-0.2, -0.15) is 0 Å². The maximum atomic E-state index is 11.6. The molecule has 0 aliphatic heterocycles. The van der Waals surface area contributed by atoms with Crippen molar-refractivity contribution < 1.29 is 4.79 Å². The van der Waals surface area contributed by atoms with E-state index in [1.54, 1.807) is 13.1 Å². The predicted molar refractivity (Wildman–Crippen MR) is 73.2 cm³/mol. The van der Waals surface area contributed by atoms with Gasteiger partial charge in [-0.3, -0.25) is 4.79 Å². The van der Waals surface area contributed by atoms with E-state index in [4.69, 9.17) is 5.73 Å². The Kier molecular flexibility index (Phi) is 3.75. The summed E-state index contributed by atoms with van der Waals surface area (Å²) in [5, 5.41) is 2.62. The van der Waals surface area contributed by atoms with Gasteiger partial charge >= 0.3 is 0 Å². The second-order valence-corrected chi connectivity index (χ2v) is 4.06. The Bertz CT molecular complexity index is 564. The zero-order valence-electron chi connectivity index (χ0n) is 10.3. The van der Waals surface area contributed by atoms with Crippen LogP contribution in [0.4, 0.5) is 0 Å². The van der Waals surface area contributed by atoms with Gasteiger partial charge in [-0.15, -0.1) is 0 Å². The third-order valence-electron chi connectivity index (χ3n) is 2.85. The van der Waals surface area contributed by atoms with Crippen molar-refractivity contribution >= 4 is 5.91 Å². The second kappa shape index (κ2) is 5.47. The van der Waals surface area contributed by atoms with Gasteiger partial charge in [-0.05, 0) is 34.9 Å². The number of benzene rings is 2. The van der Waals surface area contributed by atoms with Crippen molar-refractivity contribution in [3.63, 3.8) is 0 Å². The third kappa shape index (κ3) is 2.57. The van der Waals surface area contributed by atoms with E-state index in [9.17, 15) is 4.79 Å². The predicted octanol–water partition coefficient (Wildman–Crippen LogP) is 2.17. The van der Waals surface area contributed by atoms with E-state index in [0.717, 1.165) is 16.7 Å². The zero-order chi connectivity index (χ0) is 13.0. The van der Waals surface area contributed by atoms with Crippen LogP contribution in [-0.2, 0) is 6.54 Å². The highest BCUT2D eigenvalue weighted by Crippen LogP contribution is 2.21. The Balaban J connectivity index is 2.41. The minimum absolute atomic E-state index is 0.0770. The molecule has 0 saturated carbocycles. The molecule has 0 bridgehead atoms. The van der Waals surface area contributed by atoms with Crippen LogP contribution < -0.4 is 11.1 Å². The lowest BCUT2D eigenvalue weighted by Crippen LogP contribution is -2.17. The van der Waals surface area contributed by atoms with Gasteiger partial charge in [0.05, 0.1) is 0 Å². The number of hydrogen-bond donors (Lipinski definition) is 2. The van der Waals surface area contributed by atoms with Crippen molar-refractivity contribution in [2.75, 3.05) is 7.05 Å². The van der Waals surface area contributed by atoms with E-state index in [2.05, 4.69) is 5.32 Å². The molecule has 92 valence electrons. The molecule has 3 heteroatoms. The maximum Gasteiger partial charge on any atom is 0.251 e. The Hall–Kier alpha value is -2.13. The van der Waals surface area contributed by atoms with Crippen molar-refractivity contribution in [2.24, 2.45) is 5.73 Å². The lowest BCUT2D eigenvalue weighted by atomic mass is 10.0. The van der Waals surface area contributed by atoms with Crippen molar-refractivity contribution in [3.05, 3.63) is 59.7 Å². The summed E-state index contributed by atoms with van der Waals surface area (Å²) in [6, 6.07) is 15.6. The number of carbonyl (C=O) groups excluding carboxylic acids is 1. The molecule has 0 saturated heterocycles. The first kappa shape index (κ1) is 12.3. The average Bonchev–Trinajstić information content (AvgIpc) is 2.46. The summed E-state index contributed by atoms with van der Waals surface area (Å²) in [6.45, 7) is 0.517. The highest BCUT2D eigenvalue weighted by Gasteiger charge is 2.05. The Morgan fingerprint density at radius 2 is 1.78 bits per heavy atom. The number of nitrogens with one attached hydrogen (secondary N) is 1. The Morgan fingerprint density at radius 3 is 2.44 bits per heavy atom. The number of rotatable bonds is 3. The number of nitrogens with two attached hydrogens (primary N) is 1. The molecule has 2 aromatic rings. The van der Waals surface area contributed by atoms with Crippen LogP contribution >= 0.6 is 0 Å². The number of hydrogen-bond acceptors (Lipinski definition) is 2. The molecule has 3 N–H and O–H groups in total. The van der Waals surface area contributed by atoms with Gasteiger partial charge < -0.3 is 11.1 Å². The SMILES string of the molecule is CNC(=O)c1cccc(-c2cccc(CN)c2)c1. The summed E-state index contributed by atoms with van der Waals surface area (Å²) < 4.78 is 0. The molecule has 18 heavy (non-hydrogen) atoms. The summed E-state index contributed by atoms with van der Waals surface area (Å²) in [6.07, 6.45) is 0. The molecular formula is C15H16N2O. The van der Waals surface area contributed by atoms with E-state index in [0.29, 0.717) is 12.1 Å². The fourth-order valence-corrected chi connectivity index (χ4v) is 1.86. The van der Waals surface area contributed by atoms with E-state index in [-0.39, 0.29) is 5.91 Å². The number of amides is 1. The molecule has 2 aromatic carbocycles. The van der Waals surface area contributed by atoms with Gasteiger partial charge in [-0.25, -0.2) is 0 Å². The molecule has 0 unspecified atom stereocenters. The van der Waals surface area contributed by atoms with E-state index >= 15 is 0 Å². The standard InChI is InChI=1S/C15H16N2O/c1-17-15(18)14-7-3-6-13(9-14)12-5-2-4-11(8-12)10-16/h2-9H,10,16H2,1H3,(H,17,18). The highest BCUT2D eigenvalue weighted by molar-refractivity contribution is 5.95. The smallest absolute Gasteiger partial charge is 0.251 e. The largest absolute Gasteiger partial charge is 0.355 e. The monoisotopic (exact) mass is 240 g/mol. The van der Waals surface area contributed by atoms with Crippen LogP contribution in [0.5, 0.6) is 0 Å². The van der Waals surface area contributed by atoms with Crippen molar-refractivity contribution in [3.8, 4) is 11.1 Å². The lowest BCUT2D eigenvalue weighted by Gasteiger charge is -2.06. The van der Waals surface area contributed by atoms with Crippen LogP contribution in [0.1, 0.15) is 15.9 Å². The summed E-state index contributed by atoms with van der Waals surface area (Å²) in [5.41, 5.74) is 9.47. The molecular weight excluding hydrogens is 224 g/mol. The lowest BCUT2D eigenvalue weighted by molar-refractivity contribution is 0.0963. The van der Waals surface area contributed by atoms with Crippen LogP contribution in [-0.4, -0.2) is 13.0 Å².